The molecule has 1 aromatic rings. The Morgan fingerprint density at radius 3 is 2.41 bits per heavy atom. The van der Waals surface area contributed by atoms with Gasteiger partial charge >= 0.3 is 11.9 Å². The second-order valence-electron chi connectivity index (χ2n) is 5.60. The highest BCUT2D eigenvalue weighted by atomic mass is 16.4. The number of aliphatic carboxylic acids is 2. The van der Waals surface area contributed by atoms with Gasteiger partial charge in [0.2, 0.25) is 0 Å². The van der Waals surface area contributed by atoms with Crippen molar-refractivity contribution in [1.82, 2.24) is 10.3 Å². The minimum Gasteiger partial charge on any atom is -0.480 e. The molecule has 1 rings (SSSR count). The average molecular weight is 306 g/mol. The van der Waals surface area contributed by atoms with Crippen LogP contribution in [-0.4, -0.2) is 39.2 Å². The van der Waals surface area contributed by atoms with Gasteiger partial charge in [-0.15, -0.1) is 0 Å². The third-order valence-electron chi connectivity index (χ3n) is 3.24. The Balaban J connectivity index is 2.91. The molecule has 1 aromatic heterocycles. The summed E-state index contributed by atoms with van der Waals surface area (Å²) in [4.78, 5) is 26.7. The van der Waals surface area contributed by atoms with Crippen molar-refractivity contribution in [2.45, 2.75) is 38.8 Å². The predicted octanol–water partition coefficient (Wildman–Crippen LogP) is 1.72. The van der Waals surface area contributed by atoms with Crippen LogP contribution in [0.1, 0.15) is 26.0 Å². The molecule has 0 fully saturated rings. The lowest BCUT2D eigenvalue weighted by Crippen LogP contribution is -2.47. The Hall–Kier alpha value is -2.21. The van der Waals surface area contributed by atoms with Crippen LogP contribution in [0.15, 0.2) is 36.5 Å². The van der Waals surface area contributed by atoms with E-state index in [-0.39, 0.29) is 17.9 Å². The molecular formula is C16H22N2O4. The monoisotopic (exact) mass is 306 g/mol. The van der Waals surface area contributed by atoms with Crippen molar-refractivity contribution in [2.24, 2.45) is 5.92 Å². The lowest BCUT2D eigenvalue weighted by molar-refractivity contribution is -0.140. The smallest absolute Gasteiger partial charge is 0.332 e. The van der Waals surface area contributed by atoms with Crippen molar-refractivity contribution >= 4 is 11.9 Å². The molecule has 2 atom stereocenters. The first kappa shape index (κ1) is 17.8. The van der Waals surface area contributed by atoms with Crippen molar-refractivity contribution in [3.8, 4) is 0 Å². The number of nitrogens with one attached hydrogen (secondary N) is 1. The second kappa shape index (κ2) is 8.29. The summed E-state index contributed by atoms with van der Waals surface area (Å²) in [7, 11) is 0. The Labute approximate surface area is 129 Å². The van der Waals surface area contributed by atoms with Gasteiger partial charge in [0.05, 0.1) is 0 Å². The number of aromatic nitrogens is 1. The van der Waals surface area contributed by atoms with Gasteiger partial charge in [0.25, 0.3) is 0 Å². The molecule has 0 aliphatic carbocycles. The van der Waals surface area contributed by atoms with E-state index in [1.807, 2.05) is 13.8 Å². The number of carboxylic acid groups (broad SMARTS) is 2. The van der Waals surface area contributed by atoms with Crippen molar-refractivity contribution in [2.75, 3.05) is 0 Å². The number of pyridine rings is 1. The zero-order valence-corrected chi connectivity index (χ0v) is 12.8. The van der Waals surface area contributed by atoms with Crippen LogP contribution in [0.3, 0.4) is 0 Å². The van der Waals surface area contributed by atoms with Gasteiger partial charge in [0.15, 0.2) is 0 Å². The van der Waals surface area contributed by atoms with E-state index < -0.39 is 24.0 Å². The van der Waals surface area contributed by atoms with Crippen molar-refractivity contribution < 1.29 is 19.8 Å². The number of hydrogen-bond acceptors (Lipinski definition) is 4. The number of carboxylic acids is 2. The van der Waals surface area contributed by atoms with E-state index in [1.54, 1.807) is 24.4 Å². The van der Waals surface area contributed by atoms with Crippen molar-refractivity contribution in [3.05, 3.63) is 42.2 Å². The molecule has 0 amide bonds. The summed E-state index contributed by atoms with van der Waals surface area (Å²) in [5, 5.41) is 21.4. The van der Waals surface area contributed by atoms with Crippen LogP contribution in [0.4, 0.5) is 0 Å². The van der Waals surface area contributed by atoms with Crippen LogP contribution in [0.2, 0.25) is 0 Å². The normalized spacial score (nSPS) is 13.6. The van der Waals surface area contributed by atoms with Gasteiger partial charge in [-0.25, -0.2) is 4.79 Å². The summed E-state index contributed by atoms with van der Waals surface area (Å²) in [6.07, 6.45) is 2.29. The number of nitrogens with zero attached hydrogens (tertiary/aromatic N) is 1. The van der Waals surface area contributed by atoms with E-state index >= 15 is 0 Å². The summed E-state index contributed by atoms with van der Waals surface area (Å²) in [6, 6.07) is 3.81. The molecule has 0 saturated heterocycles. The molecule has 0 aliphatic rings. The fourth-order valence-corrected chi connectivity index (χ4v) is 2.11. The standard InChI is InChI=1S/C16H22N2O4/c1-10(2)8-14(16(21)22)18-13(11(3)15(19)20)9-12-6-4-5-7-17-12/h4-7,10,13-14,18H,3,8-9H2,1-2H3,(H,19,20)(H,21,22)/t13-,14?/m1/s1. The predicted molar refractivity (Wildman–Crippen MR) is 82.5 cm³/mol. The van der Waals surface area contributed by atoms with Crippen molar-refractivity contribution in [3.63, 3.8) is 0 Å². The molecule has 6 heteroatoms. The van der Waals surface area contributed by atoms with Gasteiger partial charge in [-0.1, -0.05) is 26.5 Å². The molecule has 0 bridgehead atoms. The van der Waals surface area contributed by atoms with Crippen LogP contribution < -0.4 is 5.32 Å². The Morgan fingerprint density at radius 1 is 1.27 bits per heavy atom. The topological polar surface area (TPSA) is 99.5 Å². The highest BCUT2D eigenvalue weighted by Gasteiger charge is 2.26. The van der Waals surface area contributed by atoms with Gasteiger partial charge < -0.3 is 10.2 Å². The molecule has 6 nitrogen and oxygen atoms in total. The second-order valence-corrected chi connectivity index (χ2v) is 5.60. The van der Waals surface area contributed by atoms with E-state index in [0.717, 1.165) is 0 Å². The van der Waals surface area contributed by atoms with E-state index in [1.165, 1.54) is 0 Å². The third kappa shape index (κ3) is 5.65. The molecule has 1 heterocycles. The van der Waals surface area contributed by atoms with Crippen LogP contribution in [0.25, 0.3) is 0 Å². The van der Waals surface area contributed by atoms with Gasteiger partial charge in [0.1, 0.15) is 6.04 Å². The van der Waals surface area contributed by atoms with Gasteiger partial charge in [-0.2, -0.15) is 0 Å². The van der Waals surface area contributed by atoms with E-state index in [0.29, 0.717) is 12.1 Å². The van der Waals surface area contributed by atoms with E-state index in [9.17, 15) is 14.7 Å². The lowest BCUT2D eigenvalue weighted by atomic mass is 9.98. The molecule has 0 spiro atoms. The number of rotatable bonds is 9. The molecular weight excluding hydrogens is 284 g/mol. The van der Waals surface area contributed by atoms with Crippen molar-refractivity contribution in [1.29, 1.82) is 0 Å². The zero-order chi connectivity index (χ0) is 16.7. The van der Waals surface area contributed by atoms with Crippen LogP contribution in [0, 0.1) is 5.92 Å². The molecule has 22 heavy (non-hydrogen) atoms. The average Bonchev–Trinajstić information content (AvgIpc) is 2.45. The lowest BCUT2D eigenvalue weighted by Gasteiger charge is -2.24. The molecule has 3 N–H and O–H groups in total. The minimum absolute atomic E-state index is 0.0688. The van der Waals surface area contributed by atoms with Gasteiger partial charge in [-0.05, 0) is 24.5 Å². The largest absolute Gasteiger partial charge is 0.480 e. The first-order valence-electron chi connectivity index (χ1n) is 7.12. The first-order chi connectivity index (χ1) is 10.3. The van der Waals surface area contributed by atoms with E-state index in [4.69, 9.17) is 5.11 Å². The van der Waals surface area contributed by atoms with E-state index in [2.05, 4.69) is 16.9 Å². The molecule has 1 unspecified atom stereocenters. The maximum atomic E-state index is 11.4. The number of carbonyl (C=O) groups is 2. The van der Waals surface area contributed by atoms with Gasteiger partial charge in [0, 0.05) is 29.9 Å². The first-order valence-corrected chi connectivity index (χ1v) is 7.12. The minimum atomic E-state index is -1.15. The molecule has 0 saturated carbocycles. The third-order valence-corrected chi connectivity index (χ3v) is 3.24. The quantitative estimate of drug-likeness (QED) is 0.601. The summed E-state index contributed by atoms with van der Waals surface area (Å²) >= 11 is 0. The Bertz CT molecular complexity index is 528. The molecule has 0 aliphatic heterocycles. The summed E-state index contributed by atoms with van der Waals surface area (Å²) in [5.41, 5.74) is 0.608. The maximum absolute atomic E-state index is 11.4. The molecule has 0 aromatic carbocycles. The zero-order valence-electron chi connectivity index (χ0n) is 12.8. The van der Waals surface area contributed by atoms with Gasteiger partial charge in [-0.3, -0.25) is 15.1 Å². The fourth-order valence-electron chi connectivity index (χ4n) is 2.11. The fraction of sp³-hybridized carbons (Fsp3) is 0.438. The summed E-state index contributed by atoms with van der Waals surface area (Å²) < 4.78 is 0. The highest BCUT2D eigenvalue weighted by molar-refractivity contribution is 5.87. The molecule has 120 valence electrons. The van der Waals surface area contributed by atoms with Crippen LogP contribution in [0.5, 0.6) is 0 Å². The molecule has 0 radical (unpaired) electrons. The van der Waals surface area contributed by atoms with Crippen LogP contribution in [-0.2, 0) is 16.0 Å². The Morgan fingerprint density at radius 2 is 1.95 bits per heavy atom. The van der Waals surface area contributed by atoms with Crippen LogP contribution >= 0.6 is 0 Å². The summed E-state index contributed by atoms with van der Waals surface area (Å²) in [6.45, 7) is 7.39. The summed E-state index contributed by atoms with van der Waals surface area (Å²) in [5.74, 6) is -1.98. The SMILES string of the molecule is C=C(C(=O)O)[C@@H](Cc1ccccn1)NC(CC(C)C)C(=O)O. The highest BCUT2D eigenvalue weighted by Crippen LogP contribution is 2.12. The maximum Gasteiger partial charge on any atom is 0.332 e. The Kier molecular flexibility index (Phi) is 6.72. The number of hydrogen-bond donors (Lipinski definition) is 3.